The first-order valence-corrected chi connectivity index (χ1v) is 6.83. The zero-order valence-electron chi connectivity index (χ0n) is 11.2. The first-order valence-electron chi connectivity index (χ1n) is 6.83. The van der Waals surface area contributed by atoms with E-state index in [1.54, 1.807) is 0 Å². The van der Waals surface area contributed by atoms with Gasteiger partial charge >= 0.3 is 0 Å². The lowest BCUT2D eigenvalue weighted by atomic mass is 9.87. The molecule has 1 aliphatic rings. The Bertz CT molecular complexity index is 575. The predicted octanol–water partition coefficient (Wildman–Crippen LogP) is 3.69. The highest BCUT2D eigenvalue weighted by Crippen LogP contribution is 2.29. The van der Waals surface area contributed by atoms with E-state index < -0.39 is 0 Å². The average molecular weight is 264 g/mol. The van der Waals surface area contributed by atoms with E-state index in [1.165, 1.54) is 0 Å². The summed E-state index contributed by atoms with van der Waals surface area (Å²) in [6.45, 7) is 0.609. The van der Waals surface area contributed by atoms with E-state index in [2.05, 4.69) is 0 Å². The van der Waals surface area contributed by atoms with E-state index in [0.29, 0.717) is 12.4 Å². The van der Waals surface area contributed by atoms with Crippen molar-refractivity contribution in [3.63, 3.8) is 0 Å². The number of hydrogen-bond acceptors (Lipinski definition) is 2. The maximum atomic E-state index is 12.8. The fourth-order valence-corrected chi connectivity index (χ4v) is 2.52. The summed E-state index contributed by atoms with van der Waals surface area (Å²) < 4.78 is 5.45. The first-order chi connectivity index (χ1) is 9.86. The minimum Gasteiger partial charge on any atom is -0.490 e. The number of hydrogen-bond donors (Lipinski definition) is 0. The van der Waals surface area contributed by atoms with Gasteiger partial charge in [0, 0.05) is 6.42 Å². The van der Waals surface area contributed by atoms with Crippen LogP contribution in [0.1, 0.15) is 23.5 Å². The molecule has 1 aliphatic heterocycles. The van der Waals surface area contributed by atoms with Gasteiger partial charge in [0.25, 0.3) is 0 Å². The second-order valence-electron chi connectivity index (χ2n) is 4.82. The molecular formula is C18H16O2. The Kier molecular flexibility index (Phi) is 3.64. The van der Waals surface area contributed by atoms with Crippen LogP contribution in [0.5, 0.6) is 0 Å². The van der Waals surface area contributed by atoms with Gasteiger partial charge in [-0.05, 0) is 17.2 Å². The van der Waals surface area contributed by atoms with E-state index in [1.807, 2.05) is 66.7 Å². The van der Waals surface area contributed by atoms with Crippen LogP contribution in [0.15, 0.2) is 72.5 Å². The summed E-state index contributed by atoms with van der Waals surface area (Å²) in [4.78, 5) is 12.8. The summed E-state index contributed by atoms with van der Waals surface area (Å²) in [6.07, 6.45) is 2.71. The summed E-state index contributed by atoms with van der Waals surface area (Å²) in [6, 6.07) is 19.7. The molecule has 0 amide bonds. The number of ketones is 1. The molecule has 2 heteroatoms. The monoisotopic (exact) mass is 264 g/mol. The summed E-state index contributed by atoms with van der Waals surface area (Å²) in [5, 5.41) is 0. The molecule has 0 saturated heterocycles. The number of benzene rings is 2. The minimum absolute atomic E-state index is 0.0416. The molecule has 2 aromatic rings. The van der Waals surface area contributed by atoms with Crippen molar-refractivity contribution >= 4 is 5.78 Å². The van der Waals surface area contributed by atoms with Crippen LogP contribution < -0.4 is 0 Å². The highest BCUT2D eigenvalue weighted by atomic mass is 16.5. The molecule has 0 N–H and O–H groups in total. The van der Waals surface area contributed by atoms with Crippen molar-refractivity contribution in [1.29, 1.82) is 0 Å². The third-order valence-corrected chi connectivity index (χ3v) is 3.48. The number of rotatable bonds is 4. The topological polar surface area (TPSA) is 26.3 Å². The van der Waals surface area contributed by atoms with Gasteiger partial charge in [-0.3, -0.25) is 4.79 Å². The van der Waals surface area contributed by atoms with Gasteiger partial charge in [0.05, 0.1) is 12.5 Å². The lowest BCUT2D eigenvalue weighted by molar-refractivity contribution is -0.119. The Balaban J connectivity index is 2.02. The highest BCUT2D eigenvalue weighted by Gasteiger charge is 2.27. The lowest BCUT2D eigenvalue weighted by Crippen LogP contribution is -2.16. The molecule has 0 aromatic heterocycles. The van der Waals surface area contributed by atoms with Crippen molar-refractivity contribution in [2.45, 2.75) is 12.3 Å². The van der Waals surface area contributed by atoms with E-state index in [-0.39, 0.29) is 11.7 Å². The van der Waals surface area contributed by atoms with Crippen molar-refractivity contribution in [3.8, 4) is 0 Å². The van der Waals surface area contributed by atoms with Gasteiger partial charge in [-0.25, -0.2) is 0 Å². The molecule has 0 atom stereocenters. The molecule has 0 bridgehead atoms. The molecule has 20 heavy (non-hydrogen) atoms. The van der Waals surface area contributed by atoms with Crippen LogP contribution in [-0.2, 0) is 9.53 Å². The van der Waals surface area contributed by atoms with Gasteiger partial charge in [-0.2, -0.15) is 0 Å². The number of carbonyl (C=O) groups is 1. The van der Waals surface area contributed by atoms with Crippen LogP contribution in [-0.4, -0.2) is 12.4 Å². The number of Topliss-reactive ketones (excluding diaryl/α,β-unsaturated/α-hetero) is 1. The van der Waals surface area contributed by atoms with Crippen molar-refractivity contribution in [1.82, 2.24) is 0 Å². The third-order valence-electron chi connectivity index (χ3n) is 3.48. The quantitative estimate of drug-likeness (QED) is 0.841. The number of allylic oxidation sites excluding steroid dienone is 1. The first kappa shape index (κ1) is 12.7. The molecular weight excluding hydrogens is 248 g/mol. The Hall–Kier alpha value is -2.35. The van der Waals surface area contributed by atoms with Crippen LogP contribution >= 0.6 is 0 Å². The molecule has 3 rings (SSSR count). The average Bonchev–Trinajstić information content (AvgIpc) is 3.04. The minimum atomic E-state index is -0.290. The van der Waals surface area contributed by atoms with Crippen LogP contribution in [0.2, 0.25) is 0 Å². The Labute approximate surface area is 118 Å². The maximum absolute atomic E-state index is 12.8. The zero-order chi connectivity index (χ0) is 13.8. The zero-order valence-corrected chi connectivity index (χ0v) is 11.2. The van der Waals surface area contributed by atoms with Gasteiger partial charge in [0.1, 0.15) is 0 Å². The van der Waals surface area contributed by atoms with E-state index in [0.717, 1.165) is 17.5 Å². The second kappa shape index (κ2) is 5.74. The van der Waals surface area contributed by atoms with Gasteiger partial charge < -0.3 is 4.74 Å². The van der Waals surface area contributed by atoms with Crippen molar-refractivity contribution < 1.29 is 9.53 Å². The predicted molar refractivity (Wildman–Crippen MR) is 78.4 cm³/mol. The third kappa shape index (κ3) is 2.50. The summed E-state index contributed by atoms with van der Waals surface area (Å²) in [5.41, 5.74) is 2.00. The van der Waals surface area contributed by atoms with Crippen molar-refractivity contribution in [3.05, 3.63) is 83.6 Å². The Morgan fingerprint density at radius 3 is 1.90 bits per heavy atom. The molecule has 2 aromatic carbocycles. The van der Waals surface area contributed by atoms with E-state index >= 15 is 0 Å². The second-order valence-corrected chi connectivity index (χ2v) is 4.82. The van der Waals surface area contributed by atoms with Crippen molar-refractivity contribution in [2.24, 2.45) is 0 Å². The molecule has 0 aliphatic carbocycles. The lowest BCUT2D eigenvalue weighted by Gasteiger charge is -2.17. The molecule has 0 fully saturated rings. The maximum Gasteiger partial charge on any atom is 0.208 e. The molecule has 2 nitrogen and oxygen atoms in total. The van der Waals surface area contributed by atoms with Crippen LogP contribution in [0.25, 0.3) is 0 Å². The van der Waals surface area contributed by atoms with Crippen LogP contribution in [0.4, 0.5) is 0 Å². The molecule has 100 valence electrons. The normalized spacial score (nSPS) is 13.9. The molecule has 1 heterocycles. The fourth-order valence-electron chi connectivity index (χ4n) is 2.52. The van der Waals surface area contributed by atoms with Crippen LogP contribution in [0, 0.1) is 0 Å². The van der Waals surface area contributed by atoms with Gasteiger partial charge in [-0.15, -0.1) is 0 Å². The smallest absolute Gasteiger partial charge is 0.208 e. The Morgan fingerprint density at radius 1 is 0.900 bits per heavy atom. The van der Waals surface area contributed by atoms with Crippen molar-refractivity contribution in [2.75, 3.05) is 6.61 Å². The standard InChI is InChI=1S/C18H16O2/c19-18(16-12-7-13-20-16)17(14-8-3-1-4-9-14)15-10-5-2-6-11-15/h1-6,8-12,17H,7,13H2. The SMILES string of the molecule is O=C(C1=CCCO1)C(c1ccccc1)c1ccccc1. The summed E-state index contributed by atoms with van der Waals surface area (Å²) in [7, 11) is 0. The largest absolute Gasteiger partial charge is 0.490 e. The number of carbonyl (C=O) groups excluding carboxylic acids is 1. The fraction of sp³-hybridized carbons (Fsp3) is 0.167. The highest BCUT2D eigenvalue weighted by molar-refractivity contribution is 6.01. The van der Waals surface area contributed by atoms with Gasteiger partial charge in [-0.1, -0.05) is 60.7 Å². The van der Waals surface area contributed by atoms with E-state index in [9.17, 15) is 4.79 Å². The molecule has 0 saturated carbocycles. The summed E-state index contributed by atoms with van der Waals surface area (Å²) in [5.74, 6) is 0.254. The van der Waals surface area contributed by atoms with Crippen LogP contribution in [0.3, 0.4) is 0 Å². The molecule has 0 spiro atoms. The molecule has 0 unspecified atom stereocenters. The molecule has 0 radical (unpaired) electrons. The van der Waals surface area contributed by atoms with E-state index in [4.69, 9.17) is 4.74 Å². The number of ether oxygens (including phenoxy) is 1. The van der Waals surface area contributed by atoms with Gasteiger partial charge in [0.2, 0.25) is 5.78 Å². The Morgan fingerprint density at radius 2 is 1.45 bits per heavy atom. The van der Waals surface area contributed by atoms with Gasteiger partial charge in [0.15, 0.2) is 5.76 Å². The summed E-state index contributed by atoms with van der Waals surface area (Å²) >= 11 is 0.